The van der Waals surface area contributed by atoms with Crippen molar-refractivity contribution in [2.45, 2.75) is 6.18 Å². The molecule has 0 saturated carbocycles. The van der Waals surface area contributed by atoms with Crippen LogP contribution in [0.4, 0.5) is 19.0 Å². The van der Waals surface area contributed by atoms with Gasteiger partial charge >= 0.3 is 6.18 Å². The molecule has 1 amide bonds. The standard InChI is InChI=1S/C24H15F3N8O/c25-24(26,27)20-12-19(17-4-2-9-29-14-17)34-35(20)22-6-5-21(32-33-22)31-23(36)15-7-10-30-18(11-15)16-3-1-8-28-13-16/h1-14H,(H,31,32,36). The van der Waals surface area contributed by atoms with E-state index in [0.29, 0.717) is 21.5 Å². The van der Waals surface area contributed by atoms with Crippen molar-refractivity contribution in [3.8, 4) is 28.3 Å². The van der Waals surface area contributed by atoms with E-state index in [2.05, 4.69) is 35.6 Å². The fraction of sp³-hybridized carbons (Fsp3) is 0.0417. The molecule has 0 aromatic carbocycles. The maximum atomic E-state index is 13.7. The smallest absolute Gasteiger partial charge is 0.305 e. The second kappa shape index (κ2) is 9.33. The second-order valence-electron chi connectivity index (χ2n) is 7.47. The lowest BCUT2D eigenvalue weighted by molar-refractivity contribution is -0.142. The van der Waals surface area contributed by atoms with Crippen molar-refractivity contribution < 1.29 is 18.0 Å². The van der Waals surface area contributed by atoms with E-state index in [9.17, 15) is 18.0 Å². The second-order valence-corrected chi connectivity index (χ2v) is 7.47. The number of aromatic nitrogens is 7. The number of rotatable bonds is 5. The maximum absolute atomic E-state index is 13.7. The van der Waals surface area contributed by atoms with Gasteiger partial charge in [-0.1, -0.05) is 0 Å². The molecule has 1 N–H and O–H groups in total. The van der Waals surface area contributed by atoms with Crippen LogP contribution in [0.15, 0.2) is 85.6 Å². The Balaban J connectivity index is 1.39. The molecule has 5 heterocycles. The predicted molar refractivity (Wildman–Crippen MR) is 123 cm³/mol. The number of hydrogen-bond acceptors (Lipinski definition) is 7. The Labute approximate surface area is 201 Å². The SMILES string of the molecule is O=C(Nc1ccc(-n2nc(-c3cccnc3)cc2C(F)(F)F)nn1)c1ccnc(-c2cccnc2)c1. The summed E-state index contributed by atoms with van der Waals surface area (Å²) in [5.41, 5.74) is 1.08. The molecule has 0 bridgehead atoms. The first-order valence-electron chi connectivity index (χ1n) is 10.5. The lowest BCUT2D eigenvalue weighted by atomic mass is 10.1. The number of halogens is 3. The zero-order valence-electron chi connectivity index (χ0n) is 18.3. The summed E-state index contributed by atoms with van der Waals surface area (Å²) in [5.74, 6) is -0.603. The van der Waals surface area contributed by atoms with E-state index in [1.54, 1.807) is 36.7 Å². The van der Waals surface area contributed by atoms with Crippen molar-refractivity contribution in [3.05, 3.63) is 96.8 Å². The largest absolute Gasteiger partial charge is 0.433 e. The van der Waals surface area contributed by atoms with Crippen LogP contribution in [-0.4, -0.2) is 40.8 Å². The summed E-state index contributed by atoms with van der Waals surface area (Å²) in [6.45, 7) is 0. The lowest BCUT2D eigenvalue weighted by Gasteiger charge is -2.09. The summed E-state index contributed by atoms with van der Waals surface area (Å²) in [6.07, 6.45) is 2.98. The molecule has 0 aliphatic heterocycles. The van der Waals surface area contributed by atoms with Crippen LogP contribution in [-0.2, 0) is 6.18 Å². The minimum absolute atomic E-state index is 0.0525. The Kier molecular flexibility index (Phi) is 5.90. The van der Waals surface area contributed by atoms with Crippen molar-refractivity contribution in [2.24, 2.45) is 0 Å². The summed E-state index contributed by atoms with van der Waals surface area (Å²) in [7, 11) is 0. The Morgan fingerprint density at radius 2 is 1.56 bits per heavy atom. The van der Waals surface area contributed by atoms with Gasteiger partial charge in [-0.2, -0.15) is 18.3 Å². The number of nitrogens with one attached hydrogen (secondary N) is 1. The molecule has 0 fully saturated rings. The summed E-state index contributed by atoms with van der Waals surface area (Å²) in [4.78, 5) is 24.9. The summed E-state index contributed by atoms with van der Waals surface area (Å²) in [5, 5.41) is 14.3. The fourth-order valence-corrected chi connectivity index (χ4v) is 3.35. The molecule has 0 unspecified atom stereocenters. The van der Waals surface area contributed by atoms with Gasteiger partial charge in [-0.05, 0) is 54.6 Å². The van der Waals surface area contributed by atoms with Gasteiger partial charge in [-0.15, -0.1) is 10.2 Å². The van der Waals surface area contributed by atoms with Crippen LogP contribution in [0, 0.1) is 0 Å². The third kappa shape index (κ3) is 4.78. The van der Waals surface area contributed by atoms with E-state index >= 15 is 0 Å². The molecule has 0 saturated heterocycles. The summed E-state index contributed by atoms with van der Waals surface area (Å²) < 4.78 is 41.7. The first-order valence-corrected chi connectivity index (χ1v) is 10.5. The molecule has 0 radical (unpaired) electrons. The minimum atomic E-state index is -4.69. The molecule has 0 spiro atoms. The maximum Gasteiger partial charge on any atom is 0.433 e. The van der Waals surface area contributed by atoms with Crippen molar-refractivity contribution in [1.29, 1.82) is 0 Å². The molecule has 5 aromatic rings. The number of nitrogens with zero attached hydrogens (tertiary/aromatic N) is 7. The quantitative estimate of drug-likeness (QED) is 0.389. The van der Waals surface area contributed by atoms with Gasteiger partial charge in [0.25, 0.3) is 5.91 Å². The zero-order valence-corrected chi connectivity index (χ0v) is 18.3. The zero-order chi connectivity index (χ0) is 25.1. The Hall–Kier alpha value is -5.00. The van der Waals surface area contributed by atoms with Crippen molar-refractivity contribution in [3.63, 3.8) is 0 Å². The highest BCUT2D eigenvalue weighted by Gasteiger charge is 2.37. The van der Waals surface area contributed by atoms with Crippen LogP contribution in [0.5, 0.6) is 0 Å². The van der Waals surface area contributed by atoms with E-state index in [-0.39, 0.29) is 17.3 Å². The monoisotopic (exact) mass is 488 g/mol. The van der Waals surface area contributed by atoms with Gasteiger partial charge in [-0.3, -0.25) is 19.7 Å². The van der Waals surface area contributed by atoms with Gasteiger partial charge < -0.3 is 5.32 Å². The van der Waals surface area contributed by atoms with Crippen LogP contribution in [0.1, 0.15) is 16.1 Å². The van der Waals surface area contributed by atoms with Crippen molar-refractivity contribution in [1.82, 2.24) is 34.9 Å². The van der Waals surface area contributed by atoms with E-state index < -0.39 is 17.8 Å². The molecule has 0 aliphatic rings. The van der Waals surface area contributed by atoms with Gasteiger partial charge in [0.05, 0.1) is 11.4 Å². The van der Waals surface area contributed by atoms with E-state index in [4.69, 9.17) is 0 Å². The Morgan fingerprint density at radius 3 is 2.17 bits per heavy atom. The van der Waals surface area contributed by atoms with Gasteiger partial charge in [0, 0.05) is 47.7 Å². The highest BCUT2D eigenvalue weighted by Crippen LogP contribution is 2.33. The van der Waals surface area contributed by atoms with Gasteiger partial charge in [0.15, 0.2) is 17.3 Å². The third-order valence-corrected chi connectivity index (χ3v) is 5.05. The lowest BCUT2D eigenvalue weighted by Crippen LogP contribution is -2.16. The number of anilines is 1. The minimum Gasteiger partial charge on any atom is -0.305 e. The average molecular weight is 488 g/mol. The normalized spacial score (nSPS) is 11.3. The highest BCUT2D eigenvalue weighted by atomic mass is 19.4. The van der Waals surface area contributed by atoms with Crippen LogP contribution >= 0.6 is 0 Å². The molecule has 9 nitrogen and oxygen atoms in total. The summed E-state index contributed by atoms with van der Waals surface area (Å²) >= 11 is 0. The van der Waals surface area contributed by atoms with Gasteiger partial charge in [0.1, 0.15) is 0 Å². The van der Waals surface area contributed by atoms with Crippen LogP contribution in [0.2, 0.25) is 0 Å². The van der Waals surface area contributed by atoms with E-state index in [1.807, 2.05) is 6.07 Å². The molecule has 36 heavy (non-hydrogen) atoms. The summed E-state index contributed by atoms with van der Waals surface area (Å²) in [6, 6.07) is 13.4. The van der Waals surface area contributed by atoms with Crippen molar-refractivity contribution >= 4 is 11.7 Å². The Bertz CT molecular complexity index is 1500. The van der Waals surface area contributed by atoms with Crippen LogP contribution in [0.25, 0.3) is 28.3 Å². The van der Waals surface area contributed by atoms with Gasteiger partial charge in [0.2, 0.25) is 0 Å². The molecule has 0 aliphatic carbocycles. The number of hydrogen-bond donors (Lipinski definition) is 1. The fourth-order valence-electron chi connectivity index (χ4n) is 3.35. The average Bonchev–Trinajstić information content (AvgIpc) is 3.37. The molecular formula is C24H15F3N8O. The van der Waals surface area contributed by atoms with Crippen molar-refractivity contribution in [2.75, 3.05) is 5.32 Å². The number of pyridine rings is 3. The Morgan fingerprint density at radius 1 is 0.833 bits per heavy atom. The van der Waals surface area contributed by atoms with Crippen LogP contribution in [0.3, 0.4) is 0 Å². The highest BCUT2D eigenvalue weighted by molar-refractivity contribution is 6.04. The predicted octanol–water partition coefficient (Wildman–Crippen LogP) is 4.45. The molecule has 12 heteroatoms. The number of carbonyl (C=O) groups excluding carboxylic acids is 1. The van der Waals surface area contributed by atoms with E-state index in [0.717, 1.165) is 11.6 Å². The first kappa shape index (κ1) is 22.8. The van der Waals surface area contributed by atoms with Gasteiger partial charge in [-0.25, -0.2) is 4.68 Å². The molecule has 5 rings (SSSR count). The molecule has 178 valence electrons. The first-order chi connectivity index (χ1) is 17.4. The topological polar surface area (TPSA) is 111 Å². The number of carbonyl (C=O) groups is 1. The van der Waals surface area contributed by atoms with Crippen LogP contribution < -0.4 is 5.32 Å². The molecule has 5 aromatic heterocycles. The number of alkyl halides is 3. The molecule has 0 atom stereocenters. The third-order valence-electron chi connectivity index (χ3n) is 5.05. The van der Waals surface area contributed by atoms with E-state index in [1.165, 1.54) is 36.8 Å². The molecular weight excluding hydrogens is 473 g/mol. The number of amides is 1.